The summed E-state index contributed by atoms with van der Waals surface area (Å²) in [5, 5.41) is 12.6. The highest BCUT2D eigenvalue weighted by molar-refractivity contribution is 9.10. The third-order valence-electron chi connectivity index (χ3n) is 1.97. The summed E-state index contributed by atoms with van der Waals surface area (Å²) in [4.78, 5) is 0. The molecule has 0 aromatic heterocycles. The summed E-state index contributed by atoms with van der Waals surface area (Å²) in [6.45, 7) is 2.24. The Bertz CT molecular complexity index is 339. The molecular weight excluding hydrogens is 256 g/mol. The van der Waals surface area contributed by atoms with Gasteiger partial charge in [-0.2, -0.15) is 5.10 Å². The Hall–Kier alpha value is -0.870. The quantitative estimate of drug-likeness (QED) is 0.491. The van der Waals surface area contributed by atoms with Crippen LogP contribution in [-0.2, 0) is 0 Å². The predicted octanol–water partition coefficient (Wildman–Crippen LogP) is 2.93. The molecule has 15 heavy (non-hydrogen) atoms. The van der Waals surface area contributed by atoms with Crippen LogP contribution in [0.3, 0.4) is 0 Å². The maximum Gasteiger partial charge on any atom is 0.0602 e. The molecule has 1 aromatic carbocycles. The topological polar surface area (TPSA) is 44.6 Å². The molecule has 82 valence electrons. The number of benzene rings is 1. The maximum atomic E-state index is 8.57. The lowest BCUT2D eigenvalue weighted by atomic mass is 10.2. The van der Waals surface area contributed by atoms with Crippen LogP contribution in [0.2, 0.25) is 0 Å². The van der Waals surface area contributed by atoms with Gasteiger partial charge in [0.15, 0.2) is 0 Å². The summed E-state index contributed by atoms with van der Waals surface area (Å²) < 4.78 is 1.03. The number of rotatable bonds is 5. The van der Waals surface area contributed by atoms with Crippen LogP contribution in [-0.4, -0.2) is 17.9 Å². The number of aryl methyl sites for hydroxylation is 1. The van der Waals surface area contributed by atoms with Crippen molar-refractivity contribution in [3.05, 3.63) is 28.2 Å². The smallest absolute Gasteiger partial charge is 0.0602 e. The number of halogens is 1. The molecule has 0 fully saturated rings. The summed E-state index contributed by atoms with van der Waals surface area (Å²) >= 11 is 3.41. The van der Waals surface area contributed by atoms with E-state index in [-0.39, 0.29) is 6.61 Å². The van der Waals surface area contributed by atoms with Crippen molar-refractivity contribution in [3.63, 3.8) is 0 Å². The average Bonchev–Trinajstić information content (AvgIpc) is 2.23. The van der Waals surface area contributed by atoms with Crippen molar-refractivity contribution in [2.45, 2.75) is 19.8 Å². The Morgan fingerprint density at radius 3 is 3.07 bits per heavy atom. The van der Waals surface area contributed by atoms with Crippen molar-refractivity contribution in [2.75, 3.05) is 12.0 Å². The molecule has 0 atom stereocenters. The number of aliphatic hydroxyl groups excluding tert-OH is 1. The fraction of sp³-hybridized carbons (Fsp3) is 0.364. The largest absolute Gasteiger partial charge is 0.396 e. The van der Waals surface area contributed by atoms with Gasteiger partial charge in [0.2, 0.25) is 0 Å². The molecule has 1 rings (SSSR count). The monoisotopic (exact) mass is 270 g/mol. The number of nitrogens with zero attached hydrogens (tertiary/aromatic N) is 1. The Morgan fingerprint density at radius 2 is 2.33 bits per heavy atom. The van der Waals surface area contributed by atoms with Gasteiger partial charge in [-0.25, -0.2) is 0 Å². The lowest BCUT2D eigenvalue weighted by Crippen LogP contribution is -1.93. The lowest BCUT2D eigenvalue weighted by Gasteiger charge is -2.04. The van der Waals surface area contributed by atoms with E-state index in [4.69, 9.17) is 5.11 Å². The summed E-state index contributed by atoms with van der Waals surface area (Å²) in [6, 6.07) is 6.00. The van der Waals surface area contributed by atoms with Crippen molar-refractivity contribution in [2.24, 2.45) is 5.10 Å². The van der Waals surface area contributed by atoms with Crippen LogP contribution in [0.4, 0.5) is 5.69 Å². The van der Waals surface area contributed by atoms with Crippen LogP contribution in [0.15, 0.2) is 27.8 Å². The molecule has 0 radical (unpaired) electrons. The fourth-order valence-electron chi connectivity index (χ4n) is 1.08. The van der Waals surface area contributed by atoms with Crippen LogP contribution in [0, 0.1) is 6.92 Å². The first-order valence-electron chi connectivity index (χ1n) is 4.88. The Balaban J connectivity index is 2.49. The van der Waals surface area contributed by atoms with Gasteiger partial charge in [-0.1, -0.05) is 22.0 Å². The van der Waals surface area contributed by atoms with Gasteiger partial charge in [0.25, 0.3) is 0 Å². The maximum absolute atomic E-state index is 8.57. The lowest BCUT2D eigenvalue weighted by molar-refractivity contribution is 0.291. The molecule has 0 unspecified atom stereocenters. The van der Waals surface area contributed by atoms with Crippen molar-refractivity contribution >= 4 is 27.8 Å². The number of hydrogen-bond acceptors (Lipinski definition) is 3. The molecule has 0 aliphatic heterocycles. The van der Waals surface area contributed by atoms with Crippen molar-refractivity contribution in [1.29, 1.82) is 0 Å². The third kappa shape index (κ3) is 4.44. The highest BCUT2D eigenvalue weighted by Crippen LogP contribution is 2.20. The number of nitrogens with one attached hydrogen (secondary N) is 1. The molecule has 0 amide bonds. The molecule has 4 heteroatoms. The van der Waals surface area contributed by atoms with Crippen molar-refractivity contribution < 1.29 is 5.11 Å². The van der Waals surface area contributed by atoms with E-state index in [0.29, 0.717) is 0 Å². The van der Waals surface area contributed by atoms with Gasteiger partial charge < -0.3 is 5.11 Å². The summed E-state index contributed by atoms with van der Waals surface area (Å²) in [5.41, 5.74) is 5.11. The van der Waals surface area contributed by atoms with E-state index in [9.17, 15) is 0 Å². The van der Waals surface area contributed by atoms with Crippen LogP contribution < -0.4 is 5.43 Å². The molecule has 2 N–H and O–H groups in total. The number of hydrogen-bond donors (Lipinski definition) is 2. The molecule has 1 aromatic rings. The molecular formula is C11H15BrN2O. The average molecular weight is 271 g/mol. The molecule has 0 bridgehead atoms. The minimum atomic E-state index is 0.210. The van der Waals surface area contributed by atoms with E-state index in [2.05, 4.69) is 26.5 Å². The van der Waals surface area contributed by atoms with Crippen molar-refractivity contribution in [1.82, 2.24) is 0 Å². The zero-order chi connectivity index (χ0) is 11.1. The number of aliphatic hydroxyl groups is 1. The second-order valence-corrected chi connectivity index (χ2v) is 4.16. The second-order valence-electron chi connectivity index (χ2n) is 3.25. The van der Waals surface area contributed by atoms with Crippen LogP contribution in [0.5, 0.6) is 0 Å². The minimum Gasteiger partial charge on any atom is -0.396 e. The van der Waals surface area contributed by atoms with Crippen molar-refractivity contribution in [3.8, 4) is 0 Å². The van der Waals surface area contributed by atoms with E-state index in [1.165, 1.54) is 0 Å². The molecule has 0 heterocycles. The molecule has 0 aliphatic rings. The first-order chi connectivity index (χ1) is 7.24. The van der Waals surface area contributed by atoms with Gasteiger partial charge in [-0.3, -0.25) is 5.43 Å². The van der Waals surface area contributed by atoms with Gasteiger partial charge in [0.1, 0.15) is 0 Å². The summed E-state index contributed by atoms with van der Waals surface area (Å²) in [7, 11) is 0. The molecule has 0 spiro atoms. The zero-order valence-corrected chi connectivity index (χ0v) is 10.3. The summed E-state index contributed by atoms with van der Waals surface area (Å²) in [5.74, 6) is 0. The number of anilines is 1. The highest BCUT2D eigenvalue weighted by Gasteiger charge is 1.96. The van der Waals surface area contributed by atoms with Gasteiger partial charge in [0.05, 0.1) is 5.69 Å². The van der Waals surface area contributed by atoms with Crippen LogP contribution in [0.25, 0.3) is 0 Å². The number of unbranched alkanes of at least 4 members (excludes halogenated alkanes) is 1. The Labute approximate surface area is 98.3 Å². The van der Waals surface area contributed by atoms with E-state index < -0.39 is 0 Å². The Kier molecular flexibility index (Phi) is 5.36. The molecule has 3 nitrogen and oxygen atoms in total. The normalized spacial score (nSPS) is 10.9. The van der Waals surface area contributed by atoms with Gasteiger partial charge in [-0.05, 0) is 37.5 Å². The summed E-state index contributed by atoms with van der Waals surface area (Å²) in [6.07, 6.45) is 3.32. The van der Waals surface area contributed by atoms with E-state index in [1.807, 2.05) is 25.1 Å². The molecule has 0 saturated carbocycles. The first kappa shape index (κ1) is 12.2. The SMILES string of the molecule is Cc1ccc(Br)cc1NN=CCCCO. The first-order valence-corrected chi connectivity index (χ1v) is 5.68. The van der Waals surface area contributed by atoms with Crippen LogP contribution in [0.1, 0.15) is 18.4 Å². The van der Waals surface area contributed by atoms with Crippen LogP contribution >= 0.6 is 15.9 Å². The predicted molar refractivity (Wildman–Crippen MR) is 67.3 cm³/mol. The van der Waals surface area contributed by atoms with E-state index >= 15 is 0 Å². The van der Waals surface area contributed by atoms with Gasteiger partial charge in [0, 0.05) is 17.3 Å². The van der Waals surface area contributed by atoms with Gasteiger partial charge >= 0.3 is 0 Å². The highest BCUT2D eigenvalue weighted by atomic mass is 79.9. The zero-order valence-electron chi connectivity index (χ0n) is 8.70. The standard InChI is InChI=1S/C11H15BrN2O/c1-9-4-5-10(12)8-11(9)14-13-6-2-3-7-15/h4-6,8,14-15H,2-3,7H2,1H3. The molecule has 0 saturated heterocycles. The minimum absolute atomic E-state index is 0.210. The number of hydrazone groups is 1. The van der Waals surface area contributed by atoms with E-state index in [0.717, 1.165) is 28.6 Å². The Morgan fingerprint density at radius 1 is 1.53 bits per heavy atom. The van der Waals surface area contributed by atoms with E-state index in [1.54, 1.807) is 6.21 Å². The second kappa shape index (κ2) is 6.58. The van der Waals surface area contributed by atoms with Gasteiger partial charge in [-0.15, -0.1) is 0 Å². The third-order valence-corrected chi connectivity index (χ3v) is 2.46. The molecule has 0 aliphatic carbocycles. The fourth-order valence-corrected chi connectivity index (χ4v) is 1.44.